The van der Waals surface area contributed by atoms with E-state index in [4.69, 9.17) is 4.74 Å². The molecule has 5 rings (SSSR count). The number of carbonyl (C=O) groups is 2. The molecule has 1 fully saturated rings. The first-order chi connectivity index (χ1) is 19.7. The number of nitrogens with one attached hydrogen (secondary N) is 3. The first-order valence-electron chi connectivity index (χ1n) is 13.4. The van der Waals surface area contributed by atoms with Crippen LogP contribution in [0.4, 0.5) is 15.8 Å². The number of H-pyrrole nitrogens is 1. The summed E-state index contributed by atoms with van der Waals surface area (Å²) in [5.41, 5.74) is 3.47. The molecule has 1 aromatic carbocycles. The lowest BCUT2D eigenvalue weighted by molar-refractivity contribution is -0.136. The Morgan fingerprint density at radius 3 is 2.90 bits per heavy atom. The molecule has 2 aromatic heterocycles. The quantitative estimate of drug-likeness (QED) is 0.303. The summed E-state index contributed by atoms with van der Waals surface area (Å²) in [5.74, 6) is 5.78. The second-order valence-corrected chi connectivity index (χ2v) is 10.5. The molecule has 1 saturated heterocycles. The molecule has 1 unspecified atom stereocenters. The minimum atomic E-state index is -0.614. The van der Waals surface area contributed by atoms with E-state index in [1.54, 1.807) is 35.5 Å². The highest BCUT2D eigenvalue weighted by atomic mass is 19.1. The summed E-state index contributed by atoms with van der Waals surface area (Å²) >= 11 is 0. The van der Waals surface area contributed by atoms with E-state index in [2.05, 4.69) is 32.4 Å². The number of halogens is 1. The number of likely N-dealkylation sites (tertiary alicyclic amines) is 1. The zero-order chi connectivity index (χ0) is 29.1. The number of amides is 2. The fraction of sp³-hybridized carbons (Fsp3) is 0.323. The summed E-state index contributed by atoms with van der Waals surface area (Å²) in [6.45, 7) is 3.77. The van der Waals surface area contributed by atoms with Gasteiger partial charge >= 0.3 is 0 Å². The molecular weight excluding hydrogens is 523 g/mol. The maximum Gasteiger partial charge on any atom is 0.255 e. The molecule has 2 aliphatic heterocycles. The Morgan fingerprint density at radius 1 is 1.34 bits per heavy atom. The number of aromatic nitrogens is 2. The van der Waals surface area contributed by atoms with E-state index in [-0.39, 0.29) is 17.6 Å². The van der Waals surface area contributed by atoms with Gasteiger partial charge < -0.3 is 30.2 Å². The molecule has 2 amide bonds. The number of fused-ring (bicyclic) bond motifs is 1. The maximum atomic E-state index is 14.5. The lowest BCUT2D eigenvalue weighted by Gasteiger charge is -2.46. The first-order valence-corrected chi connectivity index (χ1v) is 13.4. The summed E-state index contributed by atoms with van der Waals surface area (Å²) in [6, 6.07) is 6.40. The number of rotatable bonds is 7. The van der Waals surface area contributed by atoms with Crippen molar-refractivity contribution < 1.29 is 18.7 Å². The van der Waals surface area contributed by atoms with Crippen LogP contribution < -0.4 is 15.4 Å². The van der Waals surface area contributed by atoms with Crippen LogP contribution in [0.3, 0.4) is 0 Å². The van der Waals surface area contributed by atoms with Crippen molar-refractivity contribution in [2.24, 2.45) is 0 Å². The molecule has 0 saturated carbocycles. The van der Waals surface area contributed by atoms with Crippen molar-refractivity contribution in [2.45, 2.75) is 25.3 Å². The highest BCUT2D eigenvalue weighted by molar-refractivity contribution is 6.06. The van der Waals surface area contributed by atoms with Gasteiger partial charge in [0.15, 0.2) is 11.6 Å². The van der Waals surface area contributed by atoms with E-state index >= 15 is 0 Å². The predicted molar refractivity (Wildman–Crippen MR) is 156 cm³/mol. The Labute approximate surface area is 238 Å². The normalized spacial score (nSPS) is 17.9. The van der Waals surface area contributed by atoms with Gasteiger partial charge in [-0.05, 0) is 45.6 Å². The van der Waals surface area contributed by atoms with E-state index in [0.717, 1.165) is 17.7 Å². The summed E-state index contributed by atoms with van der Waals surface area (Å²) in [5, 5.41) is 6.14. The van der Waals surface area contributed by atoms with E-state index in [0.29, 0.717) is 54.3 Å². The van der Waals surface area contributed by atoms with Gasteiger partial charge in [0.05, 0.1) is 35.3 Å². The number of nitrogens with zero attached hydrogens (tertiary/aromatic N) is 3. The number of anilines is 2. The number of methoxy groups -OCH3 is 1. The van der Waals surface area contributed by atoms with Gasteiger partial charge in [-0.1, -0.05) is 24.0 Å². The van der Waals surface area contributed by atoms with Gasteiger partial charge in [0.1, 0.15) is 5.54 Å². The van der Waals surface area contributed by atoms with Crippen LogP contribution in [0.5, 0.6) is 5.75 Å². The molecule has 3 aromatic rings. The average molecular weight is 557 g/mol. The van der Waals surface area contributed by atoms with Crippen molar-refractivity contribution in [3.63, 3.8) is 0 Å². The van der Waals surface area contributed by atoms with Gasteiger partial charge in [0.2, 0.25) is 5.91 Å². The van der Waals surface area contributed by atoms with Crippen LogP contribution in [0.25, 0.3) is 11.3 Å². The smallest absolute Gasteiger partial charge is 0.255 e. The van der Waals surface area contributed by atoms with Gasteiger partial charge in [-0.25, -0.2) is 4.39 Å². The van der Waals surface area contributed by atoms with Crippen molar-refractivity contribution in [3.05, 3.63) is 71.4 Å². The summed E-state index contributed by atoms with van der Waals surface area (Å²) < 4.78 is 19.8. The average Bonchev–Trinajstić information content (AvgIpc) is 3.30. The Hall–Kier alpha value is -4.62. The van der Waals surface area contributed by atoms with E-state index in [1.807, 2.05) is 38.1 Å². The molecule has 0 radical (unpaired) electrons. The minimum Gasteiger partial charge on any atom is -0.492 e. The minimum absolute atomic E-state index is 0.0432. The van der Waals surface area contributed by atoms with Crippen molar-refractivity contribution in [1.29, 1.82) is 0 Å². The largest absolute Gasteiger partial charge is 0.492 e. The van der Waals surface area contributed by atoms with E-state index in [1.165, 1.54) is 13.2 Å². The Balaban J connectivity index is 1.53. The molecule has 0 bridgehead atoms. The number of hydrogen-bond acceptors (Lipinski definition) is 6. The second-order valence-electron chi connectivity index (χ2n) is 10.5. The van der Waals surface area contributed by atoms with Crippen LogP contribution in [0.15, 0.2) is 48.8 Å². The maximum absolute atomic E-state index is 14.5. The number of likely N-dealkylation sites (N-methyl/N-ethyl adjacent to an activating group) is 1. The number of carbonyl (C=O) groups excluding carboxylic acids is 2. The topological polar surface area (TPSA) is 103 Å². The molecule has 3 N–H and O–H groups in total. The van der Waals surface area contributed by atoms with Crippen molar-refractivity contribution in [1.82, 2.24) is 25.1 Å². The predicted octanol–water partition coefficient (Wildman–Crippen LogP) is 3.71. The number of aromatic amines is 1. The van der Waals surface area contributed by atoms with Gasteiger partial charge in [-0.15, -0.1) is 0 Å². The van der Waals surface area contributed by atoms with Gasteiger partial charge in [0.25, 0.3) is 5.91 Å². The lowest BCUT2D eigenvalue weighted by Crippen LogP contribution is -2.59. The summed E-state index contributed by atoms with van der Waals surface area (Å²) in [4.78, 5) is 37.3. The molecule has 1 atom stereocenters. The zero-order valence-corrected chi connectivity index (χ0v) is 23.6. The Bertz CT molecular complexity index is 1580. The number of hydrogen-bond donors (Lipinski definition) is 3. The van der Waals surface area contributed by atoms with Crippen LogP contribution in [0.2, 0.25) is 0 Å². The molecule has 212 valence electrons. The second kappa shape index (κ2) is 11.5. The summed E-state index contributed by atoms with van der Waals surface area (Å²) in [7, 11) is 5.29. The van der Waals surface area contributed by atoms with Crippen molar-refractivity contribution in [2.75, 3.05) is 46.2 Å². The Kier molecular flexibility index (Phi) is 7.81. The first kappa shape index (κ1) is 27.9. The number of benzene rings is 1. The fourth-order valence-corrected chi connectivity index (χ4v) is 5.07. The van der Waals surface area contributed by atoms with Crippen LogP contribution in [-0.4, -0.2) is 78.0 Å². The van der Waals surface area contributed by atoms with Gasteiger partial charge in [-0.2, -0.15) is 0 Å². The highest BCUT2D eigenvalue weighted by Crippen LogP contribution is 2.40. The zero-order valence-electron chi connectivity index (χ0n) is 23.6. The van der Waals surface area contributed by atoms with Gasteiger partial charge in [0, 0.05) is 55.8 Å². The fourth-order valence-electron chi connectivity index (χ4n) is 5.07. The lowest BCUT2D eigenvalue weighted by atomic mass is 9.86. The van der Waals surface area contributed by atoms with Crippen molar-refractivity contribution in [3.8, 4) is 28.8 Å². The third kappa shape index (κ3) is 5.54. The summed E-state index contributed by atoms with van der Waals surface area (Å²) in [6.07, 6.45) is 8.13. The third-order valence-corrected chi connectivity index (χ3v) is 7.37. The Morgan fingerprint density at radius 2 is 2.17 bits per heavy atom. The molecule has 0 spiro atoms. The number of pyridine rings is 1. The SMILES string of the molecule is COc1c(F)cccc1Nc1c(-c2ccncc2C#CC2(C)CCN2C(=O)/C=C/CN(C)C)[nH]c2c1C(=O)NCC2. The molecule has 9 nitrogen and oxygen atoms in total. The number of para-hydroxylation sites is 1. The highest BCUT2D eigenvalue weighted by Gasteiger charge is 2.41. The molecule has 10 heteroatoms. The molecule has 41 heavy (non-hydrogen) atoms. The van der Waals surface area contributed by atoms with Gasteiger partial charge in [-0.3, -0.25) is 14.6 Å². The van der Waals surface area contributed by atoms with Crippen LogP contribution in [0.1, 0.15) is 35.0 Å². The van der Waals surface area contributed by atoms with E-state index < -0.39 is 11.4 Å². The molecular formula is C31H33FN6O3. The third-order valence-electron chi connectivity index (χ3n) is 7.37. The molecule has 0 aliphatic carbocycles. The molecule has 2 aliphatic rings. The van der Waals surface area contributed by atoms with Crippen LogP contribution in [-0.2, 0) is 11.2 Å². The van der Waals surface area contributed by atoms with Crippen LogP contribution >= 0.6 is 0 Å². The van der Waals surface area contributed by atoms with Crippen LogP contribution in [0, 0.1) is 17.7 Å². The van der Waals surface area contributed by atoms with Crippen molar-refractivity contribution >= 4 is 23.2 Å². The monoisotopic (exact) mass is 556 g/mol. The number of ether oxygens (including phenoxy) is 1. The van der Waals surface area contributed by atoms with E-state index in [9.17, 15) is 14.0 Å². The standard InChI is InChI=1S/C31H33FN6O3/c1-31(14-18-38(31)25(39)9-6-17-37(2)3)13-10-20-19-33-15-11-21(20)27-28(26-23(35-27)12-16-34-30(26)40)36-24-8-5-7-22(32)29(24)41-4/h5-9,11,15,19,35-36H,12,14,16-18H2,1-4H3,(H,34,40)/b9-6+. The molecule has 4 heterocycles.